The van der Waals surface area contributed by atoms with Crippen LogP contribution in [0.25, 0.3) is 0 Å². The fourth-order valence-electron chi connectivity index (χ4n) is 3.32. The summed E-state index contributed by atoms with van der Waals surface area (Å²) in [6.45, 7) is 2.11. The highest BCUT2D eigenvalue weighted by Crippen LogP contribution is 2.19. The lowest BCUT2D eigenvalue weighted by Gasteiger charge is -2.21. The van der Waals surface area contributed by atoms with Crippen LogP contribution in [0.2, 0.25) is 0 Å². The number of aldehydes is 1. The number of H-pyrrole nitrogens is 1. The molecule has 0 saturated heterocycles. The number of aliphatic carboxylic acids is 1. The smallest absolute Gasteiger partial charge is 0.328 e. The normalized spacial score (nSPS) is 13.4. The third-order valence-corrected chi connectivity index (χ3v) is 5.01. The summed E-state index contributed by atoms with van der Waals surface area (Å²) < 4.78 is 0. The van der Waals surface area contributed by atoms with Gasteiger partial charge in [0.15, 0.2) is 5.96 Å². The van der Waals surface area contributed by atoms with E-state index in [0.717, 1.165) is 50.6 Å². The molecule has 0 aliphatic rings. The number of guanidine groups is 1. The molecule has 0 saturated carbocycles. The Morgan fingerprint density at radius 3 is 2.33 bits per heavy atom. The van der Waals surface area contributed by atoms with Crippen molar-refractivity contribution < 1.29 is 14.7 Å². The number of anilines is 1. The van der Waals surface area contributed by atoms with E-state index in [1.807, 2.05) is 25.3 Å². The maximum atomic E-state index is 11.3. The van der Waals surface area contributed by atoms with Crippen LogP contribution < -0.4 is 16.8 Å². The number of nitrogens with one attached hydrogen (secondary N) is 2. The Hall–Kier alpha value is -2.77. The zero-order valence-electron chi connectivity index (χ0n) is 18.0. The summed E-state index contributed by atoms with van der Waals surface area (Å²) in [7, 11) is 0. The summed E-state index contributed by atoms with van der Waals surface area (Å²) in [6.07, 6.45) is 13.6. The zero-order chi connectivity index (χ0) is 22.2. The van der Waals surface area contributed by atoms with Crippen molar-refractivity contribution in [3.05, 3.63) is 30.0 Å². The second kappa shape index (κ2) is 15.1. The number of nitrogens with two attached hydrogens (primary N) is 2. The Morgan fingerprint density at radius 1 is 1.17 bits per heavy atom. The molecular formula is C22H37N5O3. The van der Waals surface area contributed by atoms with E-state index in [-0.39, 0.29) is 24.5 Å². The van der Waals surface area contributed by atoms with Gasteiger partial charge in [0.2, 0.25) is 0 Å². The molecule has 0 bridgehead atoms. The minimum Gasteiger partial charge on any atom is -0.478 e. The molecule has 2 unspecified atom stereocenters. The maximum Gasteiger partial charge on any atom is 0.328 e. The molecule has 0 aromatic carbocycles. The van der Waals surface area contributed by atoms with Crippen molar-refractivity contribution in [2.24, 2.45) is 22.4 Å². The number of rotatable bonds is 17. The number of nitrogens with zero attached hydrogens (tertiary/aromatic N) is 1. The van der Waals surface area contributed by atoms with E-state index in [1.165, 1.54) is 25.3 Å². The van der Waals surface area contributed by atoms with Crippen molar-refractivity contribution in [3.8, 4) is 0 Å². The van der Waals surface area contributed by atoms with E-state index in [2.05, 4.69) is 15.3 Å². The summed E-state index contributed by atoms with van der Waals surface area (Å²) in [4.78, 5) is 29.0. The number of carbonyl (C=O) groups is 2. The number of carbonyl (C=O) groups excluding carboxylic acids is 1. The molecule has 2 atom stereocenters. The second-order valence-electron chi connectivity index (χ2n) is 7.74. The minimum absolute atomic E-state index is 0.0625. The van der Waals surface area contributed by atoms with Crippen LogP contribution in [-0.2, 0) is 9.59 Å². The summed E-state index contributed by atoms with van der Waals surface area (Å²) in [6, 6.07) is 3.61. The summed E-state index contributed by atoms with van der Waals surface area (Å²) >= 11 is 0. The van der Waals surface area contributed by atoms with E-state index in [9.17, 15) is 14.7 Å². The van der Waals surface area contributed by atoms with Crippen molar-refractivity contribution in [3.63, 3.8) is 0 Å². The molecule has 0 radical (unpaired) electrons. The van der Waals surface area contributed by atoms with Gasteiger partial charge in [-0.1, -0.05) is 51.9 Å². The molecule has 1 heterocycles. The van der Waals surface area contributed by atoms with Crippen LogP contribution in [0.1, 0.15) is 64.7 Å². The number of hydrogen-bond acceptors (Lipinski definition) is 4. The van der Waals surface area contributed by atoms with Crippen LogP contribution >= 0.6 is 0 Å². The maximum absolute atomic E-state index is 11.3. The summed E-state index contributed by atoms with van der Waals surface area (Å²) in [5, 5.41) is 12.6. The lowest BCUT2D eigenvalue weighted by Crippen LogP contribution is -2.27. The van der Waals surface area contributed by atoms with Crippen molar-refractivity contribution >= 4 is 24.0 Å². The Balaban J connectivity index is 2.49. The van der Waals surface area contributed by atoms with Crippen molar-refractivity contribution in [1.29, 1.82) is 0 Å². The summed E-state index contributed by atoms with van der Waals surface area (Å²) in [5.41, 5.74) is 11.5. The number of carboxylic acid groups (broad SMARTS) is 1. The minimum atomic E-state index is -1.02. The Labute approximate surface area is 179 Å². The van der Waals surface area contributed by atoms with Gasteiger partial charge in [0.1, 0.15) is 12.1 Å². The first-order chi connectivity index (χ1) is 14.4. The van der Waals surface area contributed by atoms with Crippen molar-refractivity contribution in [2.75, 3.05) is 11.9 Å². The fraction of sp³-hybridized carbons (Fsp3) is 0.591. The number of aliphatic imine (C=N–C) groups is 1. The monoisotopic (exact) mass is 419 g/mol. The highest BCUT2D eigenvalue weighted by Gasteiger charge is 2.16. The van der Waals surface area contributed by atoms with Crippen LogP contribution in [0.4, 0.5) is 5.82 Å². The van der Waals surface area contributed by atoms with E-state index in [0.29, 0.717) is 5.57 Å². The van der Waals surface area contributed by atoms with Gasteiger partial charge in [0.05, 0.1) is 12.6 Å². The molecule has 0 amide bonds. The highest BCUT2D eigenvalue weighted by atomic mass is 16.4. The number of hydrogen-bond donors (Lipinski definition) is 5. The zero-order valence-corrected chi connectivity index (χ0v) is 18.0. The molecule has 8 heteroatoms. The molecule has 1 aromatic heterocycles. The molecule has 30 heavy (non-hydrogen) atoms. The third kappa shape index (κ3) is 11.9. The number of carboxylic acids is 1. The van der Waals surface area contributed by atoms with Gasteiger partial charge in [-0.2, -0.15) is 0 Å². The molecule has 1 aromatic rings. The Kier molecular flexibility index (Phi) is 12.7. The number of aromatic amines is 1. The van der Waals surface area contributed by atoms with Gasteiger partial charge < -0.3 is 31.7 Å². The Morgan fingerprint density at radius 2 is 1.80 bits per heavy atom. The predicted octanol–water partition coefficient (Wildman–Crippen LogP) is 3.43. The molecule has 0 aliphatic heterocycles. The second-order valence-corrected chi connectivity index (χ2v) is 7.74. The van der Waals surface area contributed by atoms with E-state index in [4.69, 9.17) is 11.5 Å². The van der Waals surface area contributed by atoms with Crippen molar-refractivity contribution in [1.82, 2.24) is 4.98 Å². The quantitative estimate of drug-likeness (QED) is 0.0859. The molecule has 0 fully saturated rings. The lowest BCUT2D eigenvalue weighted by molar-refractivity contribution is -0.131. The first-order valence-electron chi connectivity index (χ1n) is 10.8. The van der Waals surface area contributed by atoms with E-state index >= 15 is 0 Å². The van der Waals surface area contributed by atoms with Gasteiger partial charge in [0.25, 0.3) is 0 Å². The van der Waals surface area contributed by atoms with Gasteiger partial charge >= 0.3 is 5.97 Å². The lowest BCUT2D eigenvalue weighted by atomic mass is 9.98. The largest absolute Gasteiger partial charge is 0.478 e. The first kappa shape index (κ1) is 25.3. The van der Waals surface area contributed by atoms with Crippen LogP contribution in [-0.4, -0.2) is 40.9 Å². The third-order valence-electron chi connectivity index (χ3n) is 5.01. The standard InChI is InChI=1S/C22H37N5O3/c1-17(16-28)10-7-5-3-2-4-6-8-11-19(27-20-12-9-13-25-20)18(14-21(29)30)15-26-22(23)24/h9,12-14,16-17,19,25,27H,2-8,10-11,15H2,1H3,(H,29,30)(H4,23,24,26). The van der Waals surface area contributed by atoms with Gasteiger partial charge in [-0.3, -0.25) is 0 Å². The highest BCUT2D eigenvalue weighted by molar-refractivity contribution is 5.81. The topological polar surface area (TPSA) is 147 Å². The summed E-state index contributed by atoms with van der Waals surface area (Å²) in [5.74, 6) is -0.0860. The molecule has 168 valence electrons. The fourth-order valence-corrected chi connectivity index (χ4v) is 3.32. The van der Waals surface area contributed by atoms with E-state index in [1.54, 1.807) is 0 Å². The molecular weight excluding hydrogens is 382 g/mol. The predicted molar refractivity (Wildman–Crippen MR) is 121 cm³/mol. The van der Waals surface area contributed by atoms with Crippen LogP contribution in [0, 0.1) is 5.92 Å². The average Bonchev–Trinajstić information content (AvgIpc) is 3.21. The SMILES string of the molecule is CC(C=O)CCCCCCCCCC(Nc1ccc[nH]1)C(=CC(=O)O)CN=C(N)N. The Bertz CT molecular complexity index is 666. The molecule has 8 nitrogen and oxygen atoms in total. The van der Waals surface area contributed by atoms with Crippen LogP contribution in [0.3, 0.4) is 0 Å². The number of unbranched alkanes of at least 4 members (excludes halogenated alkanes) is 6. The van der Waals surface area contributed by atoms with Gasteiger partial charge in [-0.05, 0) is 30.5 Å². The van der Waals surface area contributed by atoms with Gasteiger partial charge in [-0.15, -0.1) is 0 Å². The molecule has 1 rings (SSSR count). The van der Waals surface area contributed by atoms with Gasteiger partial charge in [0, 0.05) is 18.2 Å². The van der Waals surface area contributed by atoms with Crippen molar-refractivity contribution in [2.45, 2.75) is 70.8 Å². The first-order valence-corrected chi connectivity index (χ1v) is 10.8. The number of aromatic nitrogens is 1. The van der Waals surface area contributed by atoms with Crippen LogP contribution in [0.15, 0.2) is 35.0 Å². The van der Waals surface area contributed by atoms with Crippen LogP contribution in [0.5, 0.6) is 0 Å². The molecule has 0 spiro atoms. The molecule has 7 N–H and O–H groups in total. The average molecular weight is 420 g/mol. The van der Waals surface area contributed by atoms with E-state index < -0.39 is 5.97 Å². The van der Waals surface area contributed by atoms with Gasteiger partial charge in [-0.25, -0.2) is 9.79 Å². The molecule has 0 aliphatic carbocycles.